The van der Waals surface area contributed by atoms with E-state index in [0.29, 0.717) is 12.0 Å². The lowest BCUT2D eigenvalue weighted by atomic mass is 9.71. The molecular weight excluding hydrogens is 508 g/mol. The summed E-state index contributed by atoms with van der Waals surface area (Å²) in [6.45, 7) is 10.1. The van der Waals surface area contributed by atoms with Crippen molar-refractivity contribution in [1.29, 1.82) is 0 Å². The number of phenolic OH excluding ortho intramolecular Hbond substituents is 1. The zero-order valence-corrected chi connectivity index (χ0v) is 24.8. The van der Waals surface area contributed by atoms with Gasteiger partial charge in [-0.3, -0.25) is 0 Å². The number of carbonyl (C=O) groups is 1. The standard InChI is InChI=1S/C22H15NO3S.C5H13N.C3H8O.C2H6/c24-16-6-8-19-14(10-16)9-13-3-1-2-4-18(13)22(19)20-7-5-15(23-12-27)11-17(20)21(25)26-22;1-3-4-5-6-2;1-3-4-2;1-2/h1-8,10-12,24H,9H2,(H,23,27);6H,3-5H2,1-2H3;3H2,1-2H3;1-2H3. The van der Waals surface area contributed by atoms with Gasteiger partial charge in [0.05, 0.1) is 11.1 Å². The smallest absolute Gasteiger partial charge is 0.340 e. The van der Waals surface area contributed by atoms with E-state index in [9.17, 15) is 9.90 Å². The molecule has 1 heterocycles. The molecule has 1 atom stereocenters. The Morgan fingerprint density at radius 2 is 1.69 bits per heavy atom. The van der Waals surface area contributed by atoms with Crippen LogP contribution in [0.4, 0.5) is 5.69 Å². The van der Waals surface area contributed by atoms with E-state index in [-0.39, 0.29) is 11.7 Å². The molecule has 0 saturated carbocycles. The molecule has 39 heavy (non-hydrogen) atoms. The average molecular weight is 551 g/mol. The van der Waals surface area contributed by atoms with Crippen LogP contribution in [0.5, 0.6) is 5.75 Å². The predicted molar refractivity (Wildman–Crippen MR) is 164 cm³/mol. The normalized spacial score (nSPS) is 15.5. The summed E-state index contributed by atoms with van der Waals surface area (Å²) in [6, 6.07) is 18.8. The fourth-order valence-electron chi connectivity index (χ4n) is 4.62. The predicted octanol–water partition coefficient (Wildman–Crippen LogP) is 6.81. The number of anilines is 1. The van der Waals surface area contributed by atoms with E-state index in [1.165, 1.54) is 18.3 Å². The topological polar surface area (TPSA) is 79.8 Å². The zero-order valence-electron chi connectivity index (χ0n) is 24.0. The van der Waals surface area contributed by atoms with Gasteiger partial charge in [-0.2, -0.15) is 0 Å². The lowest BCUT2D eigenvalue weighted by Crippen LogP contribution is -2.34. The summed E-state index contributed by atoms with van der Waals surface area (Å²) in [6.07, 6.45) is 3.27. The average Bonchev–Trinajstić information content (AvgIpc) is 3.25. The summed E-state index contributed by atoms with van der Waals surface area (Å²) in [5, 5.41) is 16.0. The van der Waals surface area contributed by atoms with Crippen LogP contribution in [-0.2, 0) is 21.5 Å². The Balaban J connectivity index is 0.000000380. The highest BCUT2D eigenvalue weighted by atomic mass is 32.1. The molecule has 3 N–H and O–H groups in total. The first kappa shape index (κ1) is 32.0. The number of esters is 1. The second kappa shape index (κ2) is 16.0. The Kier molecular flexibility index (Phi) is 13.1. The van der Waals surface area contributed by atoms with E-state index in [2.05, 4.69) is 22.3 Å². The highest BCUT2D eigenvalue weighted by Crippen LogP contribution is 2.52. The van der Waals surface area contributed by atoms with Gasteiger partial charge in [-0.05, 0) is 68.8 Å². The number of unbranched alkanes of at least 4 members (excludes halogenated alkanes) is 1. The molecule has 210 valence electrons. The molecular formula is C32H42N2O4S. The molecule has 0 amide bonds. The number of hydrogen-bond donors (Lipinski definition) is 3. The van der Waals surface area contributed by atoms with E-state index in [0.717, 1.165) is 46.7 Å². The summed E-state index contributed by atoms with van der Waals surface area (Å²) >= 11 is 4.85. The fraction of sp³-hybridized carbons (Fsp3) is 0.375. The van der Waals surface area contributed by atoms with Crippen molar-refractivity contribution in [3.8, 4) is 5.75 Å². The molecule has 7 heteroatoms. The summed E-state index contributed by atoms with van der Waals surface area (Å²) < 4.78 is 10.6. The molecule has 1 aliphatic heterocycles. The SMILES string of the molecule is CC.CCCCNC.CCOC.O=C1OC2(c3ccccc3Cc3cc(O)ccc32)c2ccc(NC=S)cc21. The number of carbonyl (C=O) groups excluding carboxylic acids is 1. The minimum Gasteiger partial charge on any atom is -0.508 e. The minimum atomic E-state index is -1.000. The third-order valence-electron chi connectivity index (χ3n) is 6.40. The van der Waals surface area contributed by atoms with Gasteiger partial charge in [-0.25, -0.2) is 4.79 Å². The number of ether oxygens (including phenoxy) is 2. The van der Waals surface area contributed by atoms with Crippen LogP contribution in [0, 0.1) is 0 Å². The number of fused-ring (bicyclic) bond motifs is 6. The van der Waals surface area contributed by atoms with Gasteiger partial charge in [0.2, 0.25) is 0 Å². The quantitative estimate of drug-likeness (QED) is 0.177. The number of methoxy groups -OCH3 is 1. The molecule has 0 radical (unpaired) electrons. The summed E-state index contributed by atoms with van der Waals surface area (Å²) in [5.74, 6) is -0.165. The van der Waals surface area contributed by atoms with Gasteiger partial charge in [-0.15, -0.1) is 0 Å². The van der Waals surface area contributed by atoms with E-state index in [4.69, 9.17) is 17.0 Å². The van der Waals surface area contributed by atoms with Crippen LogP contribution in [0.25, 0.3) is 0 Å². The highest BCUT2D eigenvalue weighted by molar-refractivity contribution is 7.79. The Hall–Kier alpha value is -3.26. The number of benzene rings is 3. The molecule has 3 aromatic carbocycles. The van der Waals surface area contributed by atoms with E-state index in [1.807, 2.05) is 70.3 Å². The first-order chi connectivity index (χ1) is 19.0. The number of thiocarbonyl (C=S) groups is 1. The van der Waals surface area contributed by atoms with Crippen LogP contribution in [-0.4, -0.2) is 43.9 Å². The van der Waals surface area contributed by atoms with E-state index < -0.39 is 5.60 Å². The molecule has 2 aliphatic rings. The maximum atomic E-state index is 12.8. The summed E-state index contributed by atoms with van der Waals surface area (Å²) in [4.78, 5) is 12.8. The molecule has 5 rings (SSSR count). The summed E-state index contributed by atoms with van der Waals surface area (Å²) in [5.41, 5.74) is 6.37. The number of aromatic hydroxyl groups is 1. The molecule has 0 bridgehead atoms. The molecule has 6 nitrogen and oxygen atoms in total. The maximum Gasteiger partial charge on any atom is 0.340 e. The van der Waals surface area contributed by atoms with E-state index in [1.54, 1.807) is 25.3 Å². The number of phenols is 1. The van der Waals surface area contributed by atoms with Crippen molar-refractivity contribution in [3.63, 3.8) is 0 Å². The van der Waals surface area contributed by atoms with Crippen LogP contribution in [0.1, 0.15) is 78.7 Å². The van der Waals surface area contributed by atoms with Gasteiger partial charge >= 0.3 is 5.97 Å². The van der Waals surface area contributed by atoms with Gasteiger partial charge in [0.25, 0.3) is 0 Å². The number of rotatable bonds is 6. The molecule has 1 aliphatic carbocycles. The van der Waals surface area contributed by atoms with Gasteiger partial charge in [0.1, 0.15) is 5.75 Å². The van der Waals surface area contributed by atoms with Crippen LogP contribution in [0.15, 0.2) is 60.7 Å². The Morgan fingerprint density at radius 1 is 1.03 bits per heavy atom. The van der Waals surface area contributed by atoms with Crippen LogP contribution < -0.4 is 10.6 Å². The second-order valence-corrected chi connectivity index (χ2v) is 9.04. The van der Waals surface area contributed by atoms with Gasteiger partial charge in [0.15, 0.2) is 5.60 Å². The largest absolute Gasteiger partial charge is 0.508 e. The molecule has 1 unspecified atom stereocenters. The lowest BCUT2D eigenvalue weighted by Gasteiger charge is -2.37. The zero-order chi connectivity index (χ0) is 28.8. The third kappa shape index (κ3) is 7.24. The molecule has 0 saturated heterocycles. The Labute approximate surface area is 238 Å². The fourth-order valence-corrected chi connectivity index (χ4v) is 4.75. The van der Waals surface area contributed by atoms with Crippen molar-refractivity contribution in [2.24, 2.45) is 0 Å². The molecule has 0 fully saturated rings. The first-order valence-electron chi connectivity index (χ1n) is 13.6. The maximum absolute atomic E-state index is 12.8. The van der Waals surface area contributed by atoms with Crippen molar-refractivity contribution in [2.45, 2.75) is 52.6 Å². The van der Waals surface area contributed by atoms with Crippen LogP contribution in [0.2, 0.25) is 0 Å². The monoisotopic (exact) mass is 550 g/mol. The van der Waals surface area contributed by atoms with Gasteiger partial charge < -0.3 is 25.2 Å². The van der Waals surface area contributed by atoms with Crippen molar-refractivity contribution in [1.82, 2.24) is 5.32 Å². The van der Waals surface area contributed by atoms with Crippen molar-refractivity contribution < 1.29 is 19.4 Å². The number of nitrogens with one attached hydrogen (secondary N) is 2. The molecule has 1 spiro atoms. The highest BCUT2D eigenvalue weighted by Gasteiger charge is 2.52. The van der Waals surface area contributed by atoms with Crippen molar-refractivity contribution in [2.75, 3.05) is 32.6 Å². The lowest BCUT2D eigenvalue weighted by molar-refractivity contribution is 0.0240. The minimum absolute atomic E-state index is 0.202. The number of hydrogen-bond acceptors (Lipinski definition) is 6. The van der Waals surface area contributed by atoms with Crippen molar-refractivity contribution >= 4 is 29.4 Å². The summed E-state index contributed by atoms with van der Waals surface area (Å²) in [7, 11) is 3.66. The van der Waals surface area contributed by atoms with Gasteiger partial charge in [0, 0.05) is 36.1 Å². The van der Waals surface area contributed by atoms with Crippen LogP contribution >= 0.6 is 12.2 Å². The van der Waals surface area contributed by atoms with Crippen LogP contribution in [0.3, 0.4) is 0 Å². The Morgan fingerprint density at radius 3 is 2.31 bits per heavy atom. The van der Waals surface area contributed by atoms with Gasteiger partial charge in [-0.1, -0.05) is 75.8 Å². The Bertz CT molecular complexity index is 1220. The van der Waals surface area contributed by atoms with Crippen molar-refractivity contribution in [3.05, 3.63) is 94.0 Å². The second-order valence-electron chi connectivity index (χ2n) is 8.80. The third-order valence-corrected chi connectivity index (χ3v) is 6.52. The molecule has 0 aromatic heterocycles. The first-order valence-corrected chi connectivity index (χ1v) is 14.1. The molecule has 3 aromatic rings. The van der Waals surface area contributed by atoms with E-state index >= 15 is 0 Å².